The van der Waals surface area contributed by atoms with Crippen LogP contribution in [0.5, 0.6) is 0 Å². The lowest BCUT2D eigenvalue weighted by Gasteiger charge is -2.20. The quantitative estimate of drug-likeness (QED) is 0.460. The largest absolute Gasteiger partial charge is 0.465 e. The van der Waals surface area contributed by atoms with Gasteiger partial charge >= 0.3 is 5.97 Å². The fraction of sp³-hybridized carbons (Fsp3) is 0.933. The van der Waals surface area contributed by atoms with E-state index in [1.807, 2.05) is 20.8 Å². The smallest absolute Gasteiger partial charge is 0.311 e. The van der Waals surface area contributed by atoms with Gasteiger partial charge in [-0.1, -0.05) is 46.0 Å². The van der Waals surface area contributed by atoms with E-state index in [0.717, 1.165) is 6.42 Å². The highest BCUT2D eigenvalue weighted by Gasteiger charge is 2.23. The van der Waals surface area contributed by atoms with Crippen LogP contribution in [0.15, 0.2) is 0 Å². The van der Waals surface area contributed by atoms with E-state index in [4.69, 9.17) is 4.74 Å². The van der Waals surface area contributed by atoms with E-state index in [1.54, 1.807) is 0 Å². The van der Waals surface area contributed by atoms with Crippen molar-refractivity contribution in [3.8, 4) is 0 Å². The molecule has 0 amide bonds. The molecule has 0 saturated heterocycles. The number of ether oxygens (including phenoxy) is 1. The van der Waals surface area contributed by atoms with Crippen LogP contribution in [0.3, 0.4) is 0 Å². The number of carbonyl (C=O) groups is 1. The second-order valence-electron chi connectivity index (χ2n) is 5.97. The molecule has 0 spiro atoms. The Kier molecular flexibility index (Phi) is 8.28. The van der Waals surface area contributed by atoms with E-state index >= 15 is 0 Å². The summed E-state index contributed by atoms with van der Waals surface area (Å²) in [7, 11) is 0. The number of rotatable bonds is 8. The lowest BCUT2D eigenvalue weighted by atomic mass is 9.96. The van der Waals surface area contributed by atoms with Crippen molar-refractivity contribution in [1.82, 2.24) is 0 Å². The van der Waals surface area contributed by atoms with E-state index in [-0.39, 0.29) is 11.4 Å². The van der Waals surface area contributed by atoms with Crippen LogP contribution in [0.2, 0.25) is 0 Å². The molecule has 0 aliphatic carbocycles. The first-order valence-electron chi connectivity index (χ1n) is 7.09. The minimum Gasteiger partial charge on any atom is -0.465 e. The van der Waals surface area contributed by atoms with Gasteiger partial charge in [0, 0.05) is 0 Å². The molecule has 2 heteroatoms. The van der Waals surface area contributed by atoms with Gasteiger partial charge in [0.15, 0.2) is 0 Å². The minimum atomic E-state index is -0.375. The summed E-state index contributed by atoms with van der Waals surface area (Å²) in [5.41, 5.74) is -0.375. The SMILES string of the molecule is CCCCCCC(CC)COC(=O)C(C)(C)C. The van der Waals surface area contributed by atoms with Gasteiger partial charge in [-0.25, -0.2) is 0 Å². The van der Waals surface area contributed by atoms with E-state index in [2.05, 4.69) is 13.8 Å². The van der Waals surface area contributed by atoms with E-state index < -0.39 is 0 Å². The Morgan fingerprint density at radius 2 is 1.76 bits per heavy atom. The second-order valence-corrected chi connectivity index (χ2v) is 5.97. The number of esters is 1. The summed E-state index contributed by atoms with van der Waals surface area (Å²) in [5, 5.41) is 0. The molecule has 0 N–H and O–H groups in total. The highest BCUT2D eigenvalue weighted by atomic mass is 16.5. The van der Waals surface area contributed by atoms with Crippen LogP contribution in [0.4, 0.5) is 0 Å². The molecule has 0 radical (unpaired) electrons. The number of unbranched alkanes of at least 4 members (excludes halogenated alkanes) is 3. The highest BCUT2D eigenvalue weighted by molar-refractivity contribution is 5.75. The average molecular weight is 242 g/mol. The zero-order valence-electron chi connectivity index (χ0n) is 12.3. The number of hydrogen-bond acceptors (Lipinski definition) is 2. The first kappa shape index (κ1) is 16.5. The van der Waals surface area contributed by atoms with Gasteiger partial charge in [0.2, 0.25) is 0 Å². The van der Waals surface area contributed by atoms with Crippen LogP contribution in [0.25, 0.3) is 0 Å². The van der Waals surface area contributed by atoms with Crippen LogP contribution < -0.4 is 0 Å². The van der Waals surface area contributed by atoms with Crippen molar-refractivity contribution < 1.29 is 9.53 Å². The first-order chi connectivity index (χ1) is 7.91. The molecule has 1 unspecified atom stereocenters. The number of hydrogen-bond donors (Lipinski definition) is 0. The van der Waals surface area contributed by atoms with Gasteiger partial charge in [0.25, 0.3) is 0 Å². The lowest BCUT2D eigenvalue weighted by molar-refractivity contribution is -0.154. The van der Waals surface area contributed by atoms with Gasteiger partial charge in [-0.2, -0.15) is 0 Å². The average Bonchev–Trinajstić information content (AvgIpc) is 2.26. The van der Waals surface area contributed by atoms with Gasteiger partial charge < -0.3 is 4.74 Å². The van der Waals surface area contributed by atoms with Crippen LogP contribution >= 0.6 is 0 Å². The molecule has 0 bridgehead atoms. The summed E-state index contributed by atoms with van der Waals surface area (Å²) < 4.78 is 5.38. The zero-order valence-corrected chi connectivity index (χ0v) is 12.3. The fourth-order valence-corrected chi connectivity index (χ4v) is 1.68. The van der Waals surface area contributed by atoms with Crippen molar-refractivity contribution >= 4 is 5.97 Å². The standard InChI is InChI=1S/C15H30O2/c1-6-8-9-10-11-13(7-2)12-17-14(16)15(3,4)5/h13H,6-12H2,1-5H3. The molecule has 1 atom stereocenters. The summed E-state index contributed by atoms with van der Waals surface area (Å²) in [6.07, 6.45) is 7.45. The molecule has 102 valence electrons. The molecule has 0 aliphatic rings. The lowest BCUT2D eigenvalue weighted by Crippen LogP contribution is -2.25. The molecule has 0 rings (SSSR count). The van der Waals surface area contributed by atoms with E-state index in [1.165, 1.54) is 32.1 Å². The second kappa shape index (κ2) is 8.54. The summed E-state index contributed by atoms with van der Waals surface area (Å²) in [6, 6.07) is 0. The first-order valence-corrected chi connectivity index (χ1v) is 7.09. The van der Waals surface area contributed by atoms with Gasteiger partial charge in [0.05, 0.1) is 12.0 Å². The third-order valence-electron chi connectivity index (χ3n) is 3.11. The van der Waals surface area contributed by atoms with Crippen LogP contribution in [-0.4, -0.2) is 12.6 Å². The van der Waals surface area contributed by atoms with E-state index in [9.17, 15) is 4.79 Å². The Hall–Kier alpha value is -0.530. The summed E-state index contributed by atoms with van der Waals surface area (Å²) in [6.45, 7) is 10.7. The van der Waals surface area contributed by atoms with Gasteiger partial charge in [-0.05, 0) is 33.1 Å². The maximum absolute atomic E-state index is 11.6. The molecule has 0 aromatic rings. The Morgan fingerprint density at radius 3 is 2.24 bits per heavy atom. The van der Waals surface area contributed by atoms with Crippen LogP contribution in [-0.2, 0) is 9.53 Å². The highest BCUT2D eigenvalue weighted by Crippen LogP contribution is 2.19. The van der Waals surface area contributed by atoms with Crippen molar-refractivity contribution in [2.75, 3.05) is 6.61 Å². The predicted octanol–water partition coefficient (Wildman–Crippen LogP) is 4.57. The molecule has 0 saturated carbocycles. The van der Waals surface area contributed by atoms with Crippen molar-refractivity contribution in [2.45, 2.75) is 73.1 Å². The van der Waals surface area contributed by atoms with Gasteiger partial charge in [-0.15, -0.1) is 0 Å². The van der Waals surface area contributed by atoms with Gasteiger partial charge in [-0.3, -0.25) is 4.79 Å². The maximum atomic E-state index is 11.6. The Bertz CT molecular complexity index is 203. The fourth-order valence-electron chi connectivity index (χ4n) is 1.68. The van der Waals surface area contributed by atoms with Crippen molar-refractivity contribution in [3.05, 3.63) is 0 Å². The topological polar surface area (TPSA) is 26.3 Å². The van der Waals surface area contributed by atoms with Gasteiger partial charge in [0.1, 0.15) is 0 Å². The zero-order chi connectivity index (χ0) is 13.3. The molecule has 0 fully saturated rings. The van der Waals surface area contributed by atoms with Crippen molar-refractivity contribution in [1.29, 1.82) is 0 Å². The summed E-state index contributed by atoms with van der Waals surface area (Å²) in [4.78, 5) is 11.6. The minimum absolute atomic E-state index is 0.0792. The predicted molar refractivity (Wildman–Crippen MR) is 73.0 cm³/mol. The molecule has 0 heterocycles. The van der Waals surface area contributed by atoms with Crippen molar-refractivity contribution in [3.63, 3.8) is 0 Å². The van der Waals surface area contributed by atoms with E-state index in [0.29, 0.717) is 12.5 Å². The third-order valence-corrected chi connectivity index (χ3v) is 3.11. The molecule has 2 nitrogen and oxygen atoms in total. The summed E-state index contributed by atoms with van der Waals surface area (Å²) in [5.74, 6) is 0.461. The molecule has 0 aliphatic heterocycles. The molecule has 17 heavy (non-hydrogen) atoms. The molecular weight excluding hydrogens is 212 g/mol. The Labute approximate surface area is 107 Å². The Morgan fingerprint density at radius 1 is 1.12 bits per heavy atom. The number of carbonyl (C=O) groups excluding carboxylic acids is 1. The monoisotopic (exact) mass is 242 g/mol. The molecular formula is C15H30O2. The van der Waals surface area contributed by atoms with Crippen LogP contribution in [0.1, 0.15) is 73.1 Å². The summed E-state index contributed by atoms with van der Waals surface area (Å²) >= 11 is 0. The van der Waals surface area contributed by atoms with Crippen molar-refractivity contribution in [2.24, 2.45) is 11.3 Å². The molecule has 0 aromatic heterocycles. The van der Waals surface area contributed by atoms with Crippen LogP contribution in [0, 0.1) is 11.3 Å². The third kappa shape index (κ3) is 8.23. The Balaban J connectivity index is 3.78. The molecule has 0 aromatic carbocycles. The maximum Gasteiger partial charge on any atom is 0.311 e. The normalized spacial score (nSPS) is 13.5.